The lowest BCUT2D eigenvalue weighted by Crippen LogP contribution is -2.16. The second kappa shape index (κ2) is 5.34. The van der Waals surface area contributed by atoms with Crippen LogP contribution in [0, 0.1) is 17.0 Å². The van der Waals surface area contributed by atoms with Gasteiger partial charge in [0.05, 0.1) is 4.92 Å². The third-order valence-corrected chi connectivity index (χ3v) is 2.60. The molecule has 1 aromatic rings. The molecule has 0 aliphatic rings. The molecule has 2 N–H and O–H groups in total. The highest BCUT2D eigenvalue weighted by Crippen LogP contribution is 2.28. The van der Waals surface area contributed by atoms with Crippen LogP contribution in [-0.4, -0.2) is 11.1 Å². The Morgan fingerprint density at radius 3 is 2.56 bits per heavy atom. The molecule has 0 saturated heterocycles. The number of rotatable bonds is 4. The summed E-state index contributed by atoms with van der Waals surface area (Å²) in [7, 11) is 0. The van der Waals surface area contributed by atoms with E-state index in [0.29, 0.717) is 11.1 Å². The molecule has 1 atom stereocenters. The standard InChI is InChI=1S/C11H13F3N2O2/c1-7-2-3-8(6-10(7)16(17)18)9(15)4-5-11(12,13)14/h2-3,6,9H,4-5,15H2,1H3/t9-/m0/s1. The van der Waals surface area contributed by atoms with Gasteiger partial charge in [0.15, 0.2) is 0 Å². The summed E-state index contributed by atoms with van der Waals surface area (Å²) in [6.45, 7) is 1.56. The number of aryl methyl sites for hydroxylation is 1. The van der Waals surface area contributed by atoms with Crippen LogP contribution in [0.15, 0.2) is 18.2 Å². The molecule has 0 aliphatic heterocycles. The van der Waals surface area contributed by atoms with Crippen molar-refractivity contribution >= 4 is 5.69 Å². The van der Waals surface area contributed by atoms with Crippen LogP contribution in [0.5, 0.6) is 0 Å². The van der Waals surface area contributed by atoms with Gasteiger partial charge in [0.2, 0.25) is 0 Å². The molecule has 7 heteroatoms. The summed E-state index contributed by atoms with van der Waals surface area (Å²) < 4.78 is 36.1. The molecule has 1 aromatic carbocycles. The van der Waals surface area contributed by atoms with Gasteiger partial charge >= 0.3 is 6.18 Å². The van der Waals surface area contributed by atoms with Crippen molar-refractivity contribution in [1.82, 2.24) is 0 Å². The van der Waals surface area contributed by atoms with Gasteiger partial charge in [-0.1, -0.05) is 12.1 Å². The number of nitrogens with zero attached hydrogens (tertiary/aromatic N) is 1. The third-order valence-electron chi connectivity index (χ3n) is 2.60. The summed E-state index contributed by atoms with van der Waals surface area (Å²) in [6.07, 6.45) is -5.56. The molecule has 0 radical (unpaired) electrons. The van der Waals surface area contributed by atoms with E-state index in [9.17, 15) is 23.3 Å². The smallest absolute Gasteiger partial charge is 0.324 e. The molecule has 0 amide bonds. The highest BCUT2D eigenvalue weighted by atomic mass is 19.4. The van der Waals surface area contributed by atoms with Gasteiger partial charge in [-0.3, -0.25) is 10.1 Å². The monoisotopic (exact) mass is 262 g/mol. The number of benzene rings is 1. The first-order chi connectivity index (χ1) is 8.20. The zero-order valence-electron chi connectivity index (χ0n) is 9.70. The predicted molar refractivity (Wildman–Crippen MR) is 60.1 cm³/mol. The molecule has 100 valence electrons. The van der Waals surface area contributed by atoms with Gasteiger partial charge in [0.25, 0.3) is 5.69 Å². The van der Waals surface area contributed by atoms with Crippen LogP contribution in [0.2, 0.25) is 0 Å². The highest BCUT2D eigenvalue weighted by Gasteiger charge is 2.28. The van der Waals surface area contributed by atoms with Gasteiger partial charge in [0, 0.05) is 24.1 Å². The first-order valence-corrected chi connectivity index (χ1v) is 5.28. The first kappa shape index (κ1) is 14.4. The van der Waals surface area contributed by atoms with Gasteiger partial charge < -0.3 is 5.73 Å². The van der Waals surface area contributed by atoms with Crippen LogP contribution >= 0.6 is 0 Å². The van der Waals surface area contributed by atoms with Gasteiger partial charge in [-0.2, -0.15) is 13.2 Å². The number of alkyl halides is 3. The van der Waals surface area contributed by atoms with Crippen molar-refractivity contribution in [2.75, 3.05) is 0 Å². The van der Waals surface area contributed by atoms with Gasteiger partial charge in [-0.15, -0.1) is 0 Å². The zero-order valence-corrected chi connectivity index (χ0v) is 9.70. The molecule has 0 aromatic heterocycles. The Bertz CT molecular complexity index is 446. The number of hydrogen-bond acceptors (Lipinski definition) is 3. The molecule has 4 nitrogen and oxygen atoms in total. The number of hydrogen-bond donors (Lipinski definition) is 1. The van der Waals surface area contributed by atoms with E-state index in [-0.39, 0.29) is 12.1 Å². The Hall–Kier alpha value is -1.63. The van der Waals surface area contributed by atoms with E-state index >= 15 is 0 Å². The Labute approximate surface area is 102 Å². The van der Waals surface area contributed by atoms with Crippen LogP contribution in [0.3, 0.4) is 0 Å². The summed E-state index contributed by atoms with van der Waals surface area (Å²) in [5, 5.41) is 10.7. The van der Waals surface area contributed by atoms with Crippen LogP contribution in [-0.2, 0) is 0 Å². The summed E-state index contributed by atoms with van der Waals surface area (Å²) >= 11 is 0. The van der Waals surface area contributed by atoms with Gasteiger partial charge in [-0.05, 0) is 18.9 Å². The van der Waals surface area contributed by atoms with E-state index in [1.54, 1.807) is 6.92 Å². The van der Waals surface area contributed by atoms with E-state index in [1.165, 1.54) is 18.2 Å². The fourth-order valence-corrected chi connectivity index (χ4v) is 1.54. The highest BCUT2D eigenvalue weighted by molar-refractivity contribution is 5.43. The van der Waals surface area contributed by atoms with E-state index < -0.39 is 23.6 Å². The minimum absolute atomic E-state index is 0.130. The fraction of sp³-hybridized carbons (Fsp3) is 0.455. The van der Waals surface area contributed by atoms with Crippen molar-refractivity contribution in [1.29, 1.82) is 0 Å². The molecule has 0 unspecified atom stereocenters. The largest absolute Gasteiger partial charge is 0.389 e. The molecular formula is C11H13F3N2O2. The number of nitro benzene ring substituents is 1. The zero-order chi connectivity index (χ0) is 13.9. The van der Waals surface area contributed by atoms with Crippen LogP contribution in [0.25, 0.3) is 0 Å². The summed E-state index contributed by atoms with van der Waals surface area (Å²) in [6, 6.07) is 3.38. The SMILES string of the molecule is Cc1ccc([C@@H](N)CCC(F)(F)F)cc1[N+](=O)[O-]. The lowest BCUT2D eigenvalue weighted by molar-refractivity contribution is -0.385. The van der Waals surface area contributed by atoms with Crippen molar-refractivity contribution in [2.24, 2.45) is 5.73 Å². The minimum atomic E-state index is -4.27. The van der Waals surface area contributed by atoms with Crippen molar-refractivity contribution in [3.63, 3.8) is 0 Å². The number of nitrogens with two attached hydrogens (primary N) is 1. The first-order valence-electron chi connectivity index (χ1n) is 5.28. The molecule has 18 heavy (non-hydrogen) atoms. The lowest BCUT2D eigenvalue weighted by Gasteiger charge is -2.13. The minimum Gasteiger partial charge on any atom is -0.324 e. The Kier molecular flexibility index (Phi) is 4.28. The van der Waals surface area contributed by atoms with Crippen molar-refractivity contribution in [3.05, 3.63) is 39.4 Å². The third kappa shape index (κ3) is 3.99. The fourth-order valence-electron chi connectivity index (χ4n) is 1.54. The average Bonchev–Trinajstić information content (AvgIpc) is 2.25. The van der Waals surface area contributed by atoms with E-state index in [0.717, 1.165) is 0 Å². The van der Waals surface area contributed by atoms with Gasteiger partial charge in [-0.25, -0.2) is 0 Å². The molecule has 0 bridgehead atoms. The van der Waals surface area contributed by atoms with Gasteiger partial charge in [0.1, 0.15) is 0 Å². The maximum Gasteiger partial charge on any atom is 0.389 e. The van der Waals surface area contributed by atoms with Crippen molar-refractivity contribution in [2.45, 2.75) is 32.0 Å². The molecular weight excluding hydrogens is 249 g/mol. The number of halogens is 3. The maximum absolute atomic E-state index is 12.0. The molecule has 0 saturated carbocycles. The predicted octanol–water partition coefficient (Wildman–Crippen LogP) is 3.25. The second-order valence-electron chi connectivity index (χ2n) is 4.06. The summed E-state index contributed by atoms with van der Waals surface area (Å²) in [5.41, 5.74) is 6.26. The quantitative estimate of drug-likeness (QED) is 0.668. The average molecular weight is 262 g/mol. The normalized spacial score (nSPS) is 13.4. The summed E-state index contributed by atoms with van der Waals surface area (Å²) in [4.78, 5) is 10.1. The Balaban J connectivity index is 2.83. The molecule has 1 rings (SSSR count). The molecule has 0 aliphatic carbocycles. The molecule has 0 spiro atoms. The van der Waals surface area contributed by atoms with Crippen LogP contribution in [0.4, 0.5) is 18.9 Å². The van der Waals surface area contributed by atoms with Crippen LogP contribution in [0.1, 0.15) is 30.0 Å². The van der Waals surface area contributed by atoms with Crippen molar-refractivity contribution < 1.29 is 18.1 Å². The Morgan fingerprint density at radius 2 is 2.06 bits per heavy atom. The summed E-state index contributed by atoms with van der Waals surface area (Å²) in [5.74, 6) is 0. The van der Waals surface area contributed by atoms with E-state index in [1.807, 2.05) is 0 Å². The second-order valence-corrected chi connectivity index (χ2v) is 4.06. The van der Waals surface area contributed by atoms with E-state index in [4.69, 9.17) is 5.73 Å². The van der Waals surface area contributed by atoms with Crippen LogP contribution < -0.4 is 5.73 Å². The molecule has 0 fully saturated rings. The van der Waals surface area contributed by atoms with Crippen molar-refractivity contribution in [3.8, 4) is 0 Å². The number of nitro groups is 1. The Morgan fingerprint density at radius 1 is 1.44 bits per heavy atom. The lowest BCUT2D eigenvalue weighted by atomic mass is 10.0. The van der Waals surface area contributed by atoms with E-state index in [2.05, 4.69) is 0 Å². The maximum atomic E-state index is 12.0. The molecule has 0 heterocycles. The topological polar surface area (TPSA) is 69.2 Å².